The van der Waals surface area contributed by atoms with Crippen LogP contribution in [0.25, 0.3) is 0 Å². The Kier molecular flexibility index (Phi) is 4.73. The third-order valence-corrected chi connectivity index (χ3v) is 3.73. The van der Waals surface area contributed by atoms with Crippen molar-refractivity contribution in [1.29, 1.82) is 10.5 Å². The van der Waals surface area contributed by atoms with Gasteiger partial charge >= 0.3 is 0 Å². The lowest BCUT2D eigenvalue weighted by molar-refractivity contribution is 0.0658. The van der Waals surface area contributed by atoms with Gasteiger partial charge in [0.1, 0.15) is 11.8 Å². The molecular formula is C19H12N4O3. The Morgan fingerprint density at radius 1 is 0.962 bits per heavy atom. The molecule has 0 atom stereocenters. The van der Waals surface area contributed by atoms with Crippen molar-refractivity contribution in [1.82, 2.24) is 5.01 Å². The number of ether oxygens (including phenoxy) is 1. The van der Waals surface area contributed by atoms with Crippen molar-refractivity contribution in [2.45, 2.75) is 6.42 Å². The van der Waals surface area contributed by atoms with Crippen molar-refractivity contribution < 1.29 is 14.3 Å². The quantitative estimate of drug-likeness (QED) is 0.612. The minimum Gasteiger partial charge on any atom is -0.478 e. The molecule has 126 valence electrons. The smallest absolute Gasteiger partial charge is 0.282 e. The average Bonchev–Trinajstić information content (AvgIpc) is 2.91. The minimum atomic E-state index is -0.545. The van der Waals surface area contributed by atoms with Gasteiger partial charge in [0.15, 0.2) is 6.61 Å². The van der Waals surface area contributed by atoms with E-state index < -0.39 is 11.8 Å². The predicted molar refractivity (Wildman–Crippen MR) is 91.3 cm³/mol. The summed E-state index contributed by atoms with van der Waals surface area (Å²) in [6.45, 7) is -0.177. The Morgan fingerprint density at radius 2 is 1.58 bits per heavy atom. The second-order valence-corrected chi connectivity index (χ2v) is 5.29. The van der Waals surface area contributed by atoms with Crippen LogP contribution in [0.1, 0.15) is 32.7 Å². The van der Waals surface area contributed by atoms with Gasteiger partial charge in [0.2, 0.25) is 0 Å². The lowest BCUT2D eigenvalue weighted by Gasteiger charge is -2.13. The molecule has 0 aliphatic carbocycles. The molecule has 0 unspecified atom stereocenters. The van der Waals surface area contributed by atoms with Crippen molar-refractivity contribution in [2.75, 3.05) is 6.61 Å². The summed E-state index contributed by atoms with van der Waals surface area (Å²) in [7, 11) is 0. The second-order valence-electron chi connectivity index (χ2n) is 5.29. The minimum absolute atomic E-state index is 0.139. The second kappa shape index (κ2) is 7.29. The fraction of sp³-hybridized carbons (Fsp3) is 0.105. The molecule has 26 heavy (non-hydrogen) atoms. The first-order valence-electron chi connectivity index (χ1n) is 7.68. The number of hydrogen-bond donors (Lipinski definition) is 0. The largest absolute Gasteiger partial charge is 0.478 e. The third-order valence-electron chi connectivity index (χ3n) is 3.73. The van der Waals surface area contributed by atoms with Crippen molar-refractivity contribution in [2.24, 2.45) is 5.10 Å². The standard InChI is InChI=1S/C19H12N4O3/c20-10-9-16(15-7-3-4-8-17(15)26-12-11-21)22-23-18(24)13-5-1-2-6-14(13)19(23)25/h1-8H,9,12H2/b22-16+. The zero-order chi connectivity index (χ0) is 18.5. The third kappa shape index (κ3) is 3.02. The molecule has 0 radical (unpaired) electrons. The van der Waals surface area contributed by atoms with E-state index in [2.05, 4.69) is 5.10 Å². The molecule has 0 saturated carbocycles. The highest BCUT2D eigenvalue weighted by Crippen LogP contribution is 2.25. The van der Waals surface area contributed by atoms with Crippen molar-refractivity contribution >= 4 is 17.5 Å². The summed E-state index contributed by atoms with van der Waals surface area (Å²) >= 11 is 0. The van der Waals surface area contributed by atoms with Crippen LogP contribution in [0.5, 0.6) is 5.75 Å². The maximum absolute atomic E-state index is 12.5. The molecule has 7 nitrogen and oxygen atoms in total. The van der Waals surface area contributed by atoms with Crippen LogP contribution in [0.4, 0.5) is 0 Å². The first-order valence-corrected chi connectivity index (χ1v) is 7.68. The molecule has 0 spiro atoms. The summed E-state index contributed by atoms with van der Waals surface area (Å²) in [5, 5.41) is 22.7. The number of fused-ring (bicyclic) bond motifs is 1. The lowest BCUT2D eigenvalue weighted by Crippen LogP contribution is -2.26. The molecule has 7 heteroatoms. The van der Waals surface area contributed by atoms with Gasteiger partial charge in [0.05, 0.1) is 29.3 Å². The zero-order valence-electron chi connectivity index (χ0n) is 13.5. The SMILES string of the molecule is N#CCOc1ccccc1/C(CC#N)=N/N1C(=O)c2ccccc2C1=O. The van der Waals surface area contributed by atoms with E-state index in [1.54, 1.807) is 48.5 Å². The number of para-hydroxylation sites is 1. The Hall–Kier alpha value is -3.97. The summed E-state index contributed by atoms with van der Waals surface area (Å²) in [6.07, 6.45) is -0.139. The van der Waals surface area contributed by atoms with Crippen LogP contribution >= 0.6 is 0 Å². The topological polar surface area (TPSA) is 107 Å². The Morgan fingerprint density at radius 3 is 2.19 bits per heavy atom. The normalized spacial score (nSPS) is 13.2. The predicted octanol–water partition coefficient (Wildman–Crippen LogP) is 2.50. The highest BCUT2D eigenvalue weighted by atomic mass is 16.5. The first kappa shape index (κ1) is 16.9. The van der Waals surface area contributed by atoms with Crippen molar-refractivity contribution in [3.8, 4) is 17.9 Å². The summed E-state index contributed by atoms with van der Waals surface area (Å²) < 4.78 is 5.35. The van der Waals surface area contributed by atoms with Gasteiger partial charge < -0.3 is 4.74 Å². The number of hydrazone groups is 1. The highest BCUT2D eigenvalue weighted by molar-refractivity contribution is 6.22. The van der Waals surface area contributed by atoms with Crippen LogP contribution in [-0.4, -0.2) is 29.1 Å². The Labute approximate surface area is 149 Å². The van der Waals surface area contributed by atoms with E-state index in [9.17, 15) is 9.59 Å². The Bertz CT molecular complexity index is 963. The molecule has 1 aliphatic rings. The molecule has 0 saturated heterocycles. The van der Waals surface area contributed by atoms with Gasteiger partial charge in [-0.05, 0) is 24.3 Å². The molecule has 1 heterocycles. The molecule has 0 N–H and O–H groups in total. The molecule has 2 amide bonds. The molecule has 0 bridgehead atoms. The molecule has 1 aliphatic heterocycles. The molecule has 2 aromatic rings. The first-order chi connectivity index (χ1) is 12.7. The van der Waals surface area contributed by atoms with Crippen LogP contribution in [-0.2, 0) is 0 Å². The Balaban J connectivity index is 2.03. The van der Waals surface area contributed by atoms with Gasteiger partial charge in [-0.3, -0.25) is 9.59 Å². The van der Waals surface area contributed by atoms with Crippen LogP contribution < -0.4 is 4.74 Å². The number of rotatable bonds is 5. The molecular weight excluding hydrogens is 332 g/mol. The van der Waals surface area contributed by atoms with Gasteiger partial charge in [-0.2, -0.15) is 20.6 Å². The summed E-state index contributed by atoms with van der Waals surface area (Å²) in [6, 6.07) is 17.0. The van der Waals surface area contributed by atoms with Crippen molar-refractivity contribution in [3.05, 3.63) is 65.2 Å². The van der Waals surface area contributed by atoms with Crippen LogP contribution in [0.15, 0.2) is 53.6 Å². The fourth-order valence-electron chi connectivity index (χ4n) is 2.59. The number of imide groups is 1. The number of carbonyl (C=O) groups is 2. The molecule has 2 aromatic carbocycles. The van der Waals surface area contributed by atoms with E-state index in [0.29, 0.717) is 11.3 Å². The molecule has 0 aromatic heterocycles. The number of benzene rings is 2. The summed E-state index contributed by atoms with van der Waals surface area (Å²) in [5.41, 5.74) is 1.19. The highest BCUT2D eigenvalue weighted by Gasteiger charge is 2.36. The number of nitriles is 2. The number of nitrogens with zero attached hydrogens (tertiary/aromatic N) is 4. The van der Waals surface area contributed by atoms with E-state index in [1.807, 2.05) is 12.1 Å². The van der Waals surface area contributed by atoms with Gasteiger partial charge in [0, 0.05) is 5.56 Å². The van der Waals surface area contributed by atoms with Gasteiger partial charge in [0.25, 0.3) is 11.8 Å². The van der Waals surface area contributed by atoms with Crippen LogP contribution in [0.3, 0.4) is 0 Å². The molecule has 0 fully saturated rings. The maximum Gasteiger partial charge on any atom is 0.282 e. The summed E-state index contributed by atoms with van der Waals surface area (Å²) in [5.74, 6) is -0.743. The van der Waals surface area contributed by atoms with Crippen LogP contribution in [0.2, 0.25) is 0 Å². The van der Waals surface area contributed by atoms with Gasteiger partial charge in [-0.15, -0.1) is 0 Å². The monoisotopic (exact) mass is 344 g/mol. The van der Waals surface area contributed by atoms with E-state index >= 15 is 0 Å². The van der Waals surface area contributed by atoms with Crippen LogP contribution in [0, 0.1) is 22.7 Å². The molecule has 3 rings (SSSR count). The van der Waals surface area contributed by atoms with E-state index in [1.165, 1.54) is 0 Å². The summed E-state index contributed by atoms with van der Waals surface area (Å²) in [4.78, 5) is 25.0. The van der Waals surface area contributed by atoms with E-state index in [-0.39, 0.29) is 29.9 Å². The van der Waals surface area contributed by atoms with Gasteiger partial charge in [-0.1, -0.05) is 24.3 Å². The zero-order valence-corrected chi connectivity index (χ0v) is 13.5. The van der Waals surface area contributed by atoms with Crippen molar-refractivity contribution in [3.63, 3.8) is 0 Å². The number of carbonyl (C=O) groups excluding carboxylic acids is 2. The maximum atomic E-state index is 12.5. The van der Waals surface area contributed by atoms with Gasteiger partial charge in [-0.25, -0.2) is 0 Å². The average molecular weight is 344 g/mol. The van der Waals surface area contributed by atoms with E-state index in [0.717, 1.165) is 5.01 Å². The van der Waals surface area contributed by atoms with E-state index in [4.69, 9.17) is 15.3 Å². The number of amides is 2. The number of hydrogen-bond acceptors (Lipinski definition) is 6. The fourth-order valence-corrected chi connectivity index (χ4v) is 2.59. The lowest BCUT2D eigenvalue weighted by atomic mass is 10.1.